The van der Waals surface area contributed by atoms with Crippen LogP contribution in [0.2, 0.25) is 0 Å². The van der Waals surface area contributed by atoms with Crippen LogP contribution < -0.4 is 5.32 Å². The van der Waals surface area contributed by atoms with Crippen LogP contribution in [-0.2, 0) is 11.3 Å². The predicted octanol–water partition coefficient (Wildman–Crippen LogP) is 3.08. The van der Waals surface area contributed by atoms with Gasteiger partial charge in [-0.15, -0.1) is 0 Å². The monoisotopic (exact) mass is 277 g/mol. The van der Waals surface area contributed by atoms with E-state index in [0.29, 0.717) is 13.2 Å². The molecule has 3 nitrogen and oxygen atoms in total. The maximum atomic E-state index is 10.8. The van der Waals surface area contributed by atoms with Crippen LogP contribution in [0, 0.1) is 5.92 Å². The number of unbranched alkanes of at least 4 members (excludes halogenated alkanes) is 2. The third-order valence-corrected chi connectivity index (χ3v) is 4.17. The van der Waals surface area contributed by atoms with Crippen LogP contribution in [0.5, 0.6) is 0 Å². The largest absolute Gasteiger partial charge is 0.364 e. The Kier molecular flexibility index (Phi) is 6.02. The summed E-state index contributed by atoms with van der Waals surface area (Å²) in [5.74, 6) is -0.763. The number of ether oxygens (including phenoxy) is 1. The van der Waals surface area contributed by atoms with Gasteiger partial charge in [0.05, 0.1) is 6.61 Å². The highest BCUT2D eigenvalue weighted by Crippen LogP contribution is 2.30. The van der Waals surface area contributed by atoms with Crippen molar-refractivity contribution in [3.05, 3.63) is 35.9 Å². The van der Waals surface area contributed by atoms with E-state index in [4.69, 9.17) is 4.74 Å². The molecule has 0 radical (unpaired) electrons. The van der Waals surface area contributed by atoms with Gasteiger partial charge in [0.15, 0.2) is 5.79 Å². The number of β-amino-alcohol motifs (C(OH)–C–C–N with tert-alkyl or cyclic N) is 1. The normalized spacial score (nSPS) is 26.6. The van der Waals surface area contributed by atoms with Gasteiger partial charge in [-0.25, -0.2) is 0 Å². The van der Waals surface area contributed by atoms with E-state index in [1.54, 1.807) is 0 Å². The minimum Gasteiger partial charge on any atom is -0.364 e. The minimum absolute atomic E-state index is 0.249. The number of rotatable bonds is 7. The lowest BCUT2D eigenvalue weighted by Crippen LogP contribution is -2.54. The molecule has 0 amide bonds. The molecule has 3 heteroatoms. The summed E-state index contributed by atoms with van der Waals surface area (Å²) in [6, 6.07) is 10.1. The Labute approximate surface area is 122 Å². The summed E-state index contributed by atoms with van der Waals surface area (Å²) in [5.41, 5.74) is 1.11. The molecule has 20 heavy (non-hydrogen) atoms. The number of nitrogens with one attached hydrogen (secondary N) is 1. The lowest BCUT2D eigenvalue weighted by atomic mass is 9.86. The van der Waals surface area contributed by atoms with Crippen LogP contribution in [-0.4, -0.2) is 24.0 Å². The van der Waals surface area contributed by atoms with E-state index < -0.39 is 5.79 Å². The predicted molar refractivity (Wildman–Crippen MR) is 81.3 cm³/mol. The van der Waals surface area contributed by atoms with Crippen molar-refractivity contribution in [2.24, 2.45) is 5.92 Å². The second kappa shape index (κ2) is 7.77. The van der Waals surface area contributed by atoms with Crippen molar-refractivity contribution in [3.63, 3.8) is 0 Å². The van der Waals surface area contributed by atoms with E-state index in [2.05, 4.69) is 12.2 Å². The van der Waals surface area contributed by atoms with Crippen molar-refractivity contribution in [1.29, 1.82) is 0 Å². The molecule has 2 rings (SSSR count). The van der Waals surface area contributed by atoms with E-state index >= 15 is 0 Å². The van der Waals surface area contributed by atoms with Gasteiger partial charge in [-0.1, -0.05) is 56.5 Å². The van der Waals surface area contributed by atoms with Gasteiger partial charge in [0.1, 0.15) is 0 Å². The molecule has 0 bridgehead atoms. The van der Waals surface area contributed by atoms with Crippen molar-refractivity contribution >= 4 is 0 Å². The number of aliphatic hydroxyl groups is 1. The summed E-state index contributed by atoms with van der Waals surface area (Å²) in [4.78, 5) is 0. The van der Waals surface area contributed by atoms with Crippen LogP contribution >= 0.6 is 0 Å². The summed E-state index contributed by atoms with van der Waals surface area (Å²) in [6.45, 7) is 4.20. The molecule has 1 aliphatic rings. The Hall–Kier alpha value is -0.900. The summed E-state index contributed by atoms with van der Waals surface area (Å²) in [6.07, 6.45) is 5.68. The van der Waals surface area contributed by atoms with Crippen LogP contribution in [0.3, 0.4) is 0 Å². The Morgan fingerprint density at radius 3 is 2.85 bits per heavy atom. The molecule has 0 saturated carbocycles. The highest BCUT2D eigenvalue weighted by atomic mass is 16.6. The second-order valence-electron chi connectivity index (χ2n) is 5.78. The van der Waals surface area contributed by atoms with Gasteiger partial charge in [0, 0.05) is 12.5 Å². The molecule has 2 atom stereocenters. The first-order chi connectivity index (χ1) is 9.74. The maximum absolute atomic E-state index is 10.8. The van der Waals surface area contributed by atoms with E-state index in [9.17, 15) is 5.11 Å². The number of hydrogen-bond donors (Lipinski definition) is 2. The van der Waals surface area contributed by atoms with Crippen molar-refractivity contribution in [1.82, 2.24) is 5.32 Å². The summed E-state index contributed by atoms with van der Waals surface area (Å²) < 4.78 is 5.89. The zero-order valence-corrected chi connectivity index (χ0v) is 12.5. The Balaban J connectivity index is 1.90. The Bertz CT molecular complexity index is 382. The molecule has 1 aliphatic heterocycles. The molecule has 1 fully saturated rings. The van der Waals surface area contributed by atoms with Crippen LogP contribution in [0.25, 0.3) is 0 Å². The average Bonchev–Trinajstić information content (AvgIpc) is 2.49. The average molecular weight is 277 g/mol. The highest BCUT2D eigenvalue weighted by Gasteiger charge is 2.39. The fourth-order valence-electron chi connectivity index (χ4n) is 2.88. The van der Waals surface area contributed by atoms with Crippen molar-refractivity contribution in [3.8, 4) is 0 Å². The van der Waals surface area contributed by atoms with Gasteiger partial charge in [0.2, 0.25) is 0 Å². The van der Waals surface area contributed by atoms with Gasteiger partial charge in [0.25, 0.3) is 0 Å². The van der Waals surface area contributed by atoms with Crippen molar-refractivity contribution in [2.75, 3.05) is 13.1 Å². The topological polar surface area (TPSA) is 41.5 Å². The van der Waals surface area contributed by atoms with Crippen LogP contribution in [0.4, 0.5) is 0 Å². The van der Waals surface area contributed by atoms with Crippen molar-refractivity contribution in [2.45, 2.75) is 51.4 Å². The lowest BCUT2D eigenvalue weighted by molar-refractivity contribution is -0.250. The fraction of sp³-hybridized carbons (Fsp3) is 0.647. The maximum Gasteiger partial charge on any atom is 0.181 e. The molecular weight excluding hydrogens is 250 g/mol. The first-order valence-corrected chi connectivity index (χ1v) is 7.85. The lowest BCUT2D eigenvalue weighted by Gasteiger charge is -2.40. The minimum atomic E-state index is -1.01. The van der Waals surface area contributed by atoms with Crippen LogP contribution in [0.1, 0.15) is 44.6 Å². The molecule has 2 N–H and O–H groups in total. The zero-order chi connectivity index (χ0) is 14.3. The summed E-state index contributed by atoms with van der Waals surface area (Å²) >= 11 is 0. The molecular formula is C17H27NO2. The van der Waals surface area contributed by atoms with E-state index in [-0.39, 0.29) is 5.92 Å². The third kappa shape index (κ3) is 4.30. The van der Waals surface area contributed by atoms with Gasteiger partial charge < -0.3 is 15.2 Å². The zero-order valence-electron chi connectivity index (χ0n) is 12.5. The fourth-order valence-corrected chi connectivity index (χ4v) is 2.88. The number of hydrogen-bond acceptors (Lipinski definition) is 3. The highest BCUT2D eigenvalue weighted by molar-refractivity contribution is 5.13. The molecule has 0 spiro atoms. The Morgan fingerprint density at radius 2 is 2.10 bits per heavy atom. The van der Waals surface area contributed by atoms with E-state index in [1.807, 2.05) is 30.3 Å². The molecule has 112 valence electrons. The van der Waals surface area contributed by atoms with Gasteiger partial charge in [-0.3, -0.25) is 0 Å². The van der Waals surface area contributed by atoms with Gasteiger partial charge >= 0.3 is 0 Å². The Morgan fingerprint density at radius 1 is 1.30 bits per heavy atom. The number of benzene rings is 1. The number of piperidine rings is 1. The van der Waals surface area contributed by atoms with Gasteiger partial charge in [-0.2, -0.15) is 0 Å². The first kappa shape index (κ1) is 15.5. The molecule has 1 saturated heterocycles. The molecule has 0 aromatic heterocycles. The summed E-state index contributed by atoms with van der Waals surface area (Å²) in [5, 5.41) is 14.1. The molecule has 1 heterocycles. The molecule has 1 aromatic rings. The molecule has 0 aliphatic carbocycles. The first-order valence-electron chi connectivity index (χ1n) is 7.85. The van der Waals surface area contributed by atoms with Gasteiger partial charge in [-0.05, 0) is 24.9 Å². The standard InChI is InChI=1S/C17H27NO2/c1-2-3-5-10-16-11-12-18-14-17(16,19)20-13-15-8-6-4-7-9-15/h4,6-9,16,18-19H,2-3,5,10-14H2,1H3. The smallest absolute Gasteiger partial charge is 0.181 e. The molecule has 1 aromatic carbocycles. The summed E-state index contributed by atoms with van der Waals surface area (Å²) in [7, 11) is 0. The van der Waals surface area contributed by atoms with Crippen molar-refractivity contribution < 1.29 is 9.84 Å². The van der Waals surface area contributed by atoms with E-state index in [1.165, 1.54) is 19.3 Å². The second-order valence-corrected chi connectivity index (χ2v) is 5.78. The SMILES string of the molecule is CCCCCC1CCNCC1(O)OCc1ccccc1. The van der Waals surface area contributed by atoms with Crippen LogP contribution in [0.15, 0.2) is 30.3 Å². The quantitative estimate of drug-likeness (QED) is 0.594. The van der Waals surface area contributed by atoms with E-state index in [0.717, 1.165) is 24.9 Å². The molecule has 2 unspecified atom stereocenters. The third-order valence-electron chi connectivity index (χ3n) is 4.17.